The maximum atomic E-state index is 6.06. The number of hydrogen-bond donors (Lipinski definition) is 0. The van der Waals surface area contributed by atoms with Crippen molar-refractivity contribution in [1.29, 1.82) is 0 Å². The number of hydrogen-bond acceptors (Lipinski definition) is 2. The molecule has 114 valence electrons. The fraction of sp³-hybridized carbons (Fsp3) is 0.529. The molecule has 3 nitrogen and oxygen atoms in total. The fourth-order valence-electron chi connectivity index (χ4n) is 2.24. The second-order valence-electron chi connectivity index (χ2n) is 6.35. The zero-order valence-corrected chi connectivity index (χ0v) is 14.3. The minimum atomic E-state index is -0.00998. The average Bonchev–Trinajstić information content (AvgIpc) is 2.89. The Balaban J connectivity index is 2.60. The number of rotatable bonds is 4. The summed E-state index contributed by atoms with van der Waals surface area (Å²) in [6.45, 7) is 10.8. The Morgan fingerprint density at radius 1 is 1.10 bits per heavy atom. The Bertz CT molecular complexity index is 623. The number of alkyl halides is 1. The van der Waals surface area contributed by atoms with E-state index in [1.165, 1.54) is 5.69 Å². The van der Waals surface area contributed by atoms with Crippen LogP contribution in [-0.2, 0) is 24.1 Å². The minimum absolute atomic E-state index is 0.00998. The molecule has 0 bridgehead atoms. The second-order valence-corrected chi connectivity index (χ2v) is 6.62. The van der Waals surface area contributed by atoms with Crippen molar-refractivity contribution < 1.29 is 0 Å². The molecule has 0 radical (unpaired) electrons. The van der Waals surface area contributed by atoms with Gasteiger partial charge in [-0.25, -0.2) is 9.67 Å². The summed E-state index contributed by atoms with van der Waals surface area (Å²) in [7, 11) is 0. The monoisotopic (exact) mass is 305 g/mol. The highest BCUT2D eigenvalue weighted by Crippen LogP contribution is 2.24. The number of aromatic nitrogens is 3. The van der Waals surface area contributed by atoms with Crippen LogP contribution >= 0.6 is 11.6 Å². The van der Waals surface area contributed by atoms with Gasteiger partial charge in [-0.3, -0.25) is 0 Å². The molecule has 2 aromatic rings. The molecule has 21 heavy (non-hydrogen) atoms. The lowest BCUT2D eigenvalue weighted by molar-refractivity contribution is 0.564. The number of pyridine rings is 1. The standard InChI is InChI=1S/C17H24ClN3/c1-6-13-10-14(7-2)21(20-13)16-9-12(11-18)8-15(19-16)17(3,4)5/h8-10H,6-7,11H2,1-5H3. The summed E-state index contributed by atoms with van der Waals surface area (Å²) < 4.78 is 1.96. The van der Waals surface area contributed by atoms with E-state index in [1.807, 2.05) is 10.7 Å². The zero-order chi connectivity index (χ0) is 15.6. The quantitative estimate of drug-likeness (QED) is 0.782. The first-order valence-corrected chi connectivity index (χ1v) is 8.08. The van der Waals surface area contributed by atoms with Gasteiger partial charge in [0.05, 0.1) is 5.69 Å². The van der Waals surface area contributed by atoms with E-state index in [0.717, 1.165) is 35.6 Å². The maximum absolute atomic E-state index is 6.06. The van der Waals surface area contributed by atoms with Gasteiger partial charge in [-0.05, 0) is 36.6 Å². The van der Waals surface area contributed by atoms with Gasteiger partial charge in [0.2, 0.25) is 0 Å². The molecule has 0 aliphatic heterocycles. The first kappa shape index (κ1) is 16.0. The topological polar surface area (TPSA) is 30.7 Å². The molecule has 0 N–H and O–H groups in total. The molecule has 2 rings (SSSR count). The molecule has 0 unspecified atom stereocenters. The third kappa shape index (κ3) is 3.46. The molecule has 4 heteroatoms. The lowest BCUT2D eigenvalue weighted by atomic mass is 9.91. The molecule has 0 atom stereocenters. The van der Waals surface area contributed by atoms with E-state index in [4.69, 9.17) is 16.6 Å². The lowest BCUT2D eigenvalue weighted by Crippen LogP contribution is -2.16. The van der Waals surface area contributed by atoms with E-state index in [-0.39, 0.29) is 5.41 Å². The van der Waals surface area contributed by atoms with Crippen LogP contribution in [-0.4, -0.2) is 14.8 Å². The van der Waals surface area contributed by atoms with Gasteiger partial charge in [-0.1, -0.05) is 34.6 Å². The highest BCUT2D eigenvalue weighted by molar-refractivity contribution is 6.17. The molecule has 0 aromatic carbocycles. The van der Waals surface area contributed by atoms with Gasteiger partial charge in [-0.15, -0.1) is 11.6 Å². The van der Waals surface area contributed by atoms with Gasteiger partial charge in [0.25, 0.3) is 0 Å². The van der Waals surface area contributed by atoms with Crippen molar-refractivity contribution >= 4 is 11.6 Å². The van der Waals surface area contributed by atoms with Crippen LogP contribution in [0.5, 0.6) is 0 Å². The zero-order valence-electron chi connectivity index (χ0n) is 13.6. The highest BCUT2D eigenvalue weighted by Gasteiger charge is 2.18. The summed E-state index contributed by atoms with van der Waals surface area (Å²) in [5, 5.41) is 4.68. The van der Waals surface area contributed by atoms with Gasteiger partial charge in [-0.2, -0.15) is 5.10 Å². The summed E-state index contributed by atoms with van der Waals surface area (Å²) in [6.07, 6.45) is 1.87. The normalized spacial score (nSPS) is 11.9. The SMILES string of the molecule is CCc1cc(CC)n(-c2cc(CCl)cc(C(C)(C)C)n2)n1. The van der Waals surface area contributed by atoms with Gasteiger partial charge < -0.3 is 0 Å². The summed E-state index contributed by atoms with van der Waals surface area (Å²) in [5.41, 5.74) is 4.41. The Morgan fingerprint density at radius 2 is 1.81 bits per heavy atom. The van der Waals surface area contributed by atoms with Crippen molar-refractivity contribution in [3.63, 3.8) is 0 Å². The van der Waals surface area contributed by atoms with E-state index in [9.17, 15) is 0 Å². The summed E-state index contributed by atoms with van der Waals surface area (Å²) in [6, 6.07) is 6.28. The molecule has 0 aliphatic carbocycles. The molecule has 2 heterocycles. The van der Waals surface area contributed by atoms with Crippen LogP contribution in [0.4, 0.5) is 0 Å². The van der Waals surface area contributed by atoms with Crippen LogP contribution in [0.15, 0.2) is 18.2 Å². The maximum Gasteiger partial charge on any atom is 0.154 e. The van der Waals surface area contributed by atoms with Crippen molar-refractivity contribution in [2.24, 2.45) is 0 Å². The van der Waals surface area contributed by atoms with Crippen molar-refractivity contribution in [1.82, 2.24) is 14.8 Å². The van der Waals surface area contributed by atoms with Crippen molar-refractivity contribution in [3.8, 4) is 5.82 Å². The fourth-order valence-corrected chi connectivity index (χ4v) is 2.39. The third-order valence-corrected chi connectivity index (χ3v) is 3.88. The van der Waals surface area contributed by atoms with Crippen LogP contribution < -0.4 is 0 Å². The van der Waals surface area contributed by atoms with Crippen LogP contribution in [0.1, 0.15) is 57.3 Å². The molecule has 0 aliphatic rings. The van der Waals surface area contributed by atoms with Crippen LogP contribution in [0.25, 0.3) is 5.82 Å². The van der Waals surface area contributed by atoms with E-state index >= 15 is 0 Å². The van der Waals surface area contributed by atoms with E-state index < -0.39 is 0 Å². The molecule has 0 spiro atoms. The van der Waals surface area contributed by atoms with Gasteiger partial charge in [0.1, 0.15) is 0 Å². The lowest BCUT2D eigenvalue weighted by Gasteiger charge is -2.20. The highest BCUT2D eigenvalue weighted by atomic mass is 35.5. The third-order valence-electron chi connectivity index (χ3n) is 3.57. The van der Waals surface area contributed by atoms with Crippen molar-refractivity contribution in [2.45, 2.75) is 58.8 Å². The number of aryl methyl sites for hydroxylation is 2. The molecule has 0 fully saturated rings. The predicted molar refractivity (Wildman–Crippen MR) is 88.4 cm³/mol. The van der Waals surface area contributed by atoms with E-state index in [1.54, 1.807) is 0 Å². The second kappa shape index (κ2) is 6.18. The Morgan fingerprint density at radius 3 is 2.33 bits per heavy atom. The predicted octanol–water partition coefficient (Wildman–Crippen LogP) is 4.43. The summed E-state index contributed by atoms with van der Waals surface area (Å²) in [5.74, 6) is 1.36. The molecule has 0 saturated carbocycles. The van der Waals surface area contributed by atoms with Gasteiger partial charge >= 0.3 is 0 Å². The summed E-state index contributed by atoms with van der Waals surface area (Å²) in [4.78, 5) is 4.82. The first-order chi connectivity index (χ1) is 9.88. The molecule has 0 saturated heterocycles. The average molecular weight is 306 g/mol. The number of nitrogens with zero attached hydrogens (tertiary/aromatic N) is 3. The Kier molecular flexibility index (Phi) is 4.72. The minimum Gasteiger partial charge on any atom is -0.233 e. The van der Waals surface area contributed by atoms with Gasteiger partial charge in [0, 0.05) is 22.7 Å². The smallest absolute Gasteiger partial charge is 0.154 e. The van der Waals surface area contributed by atoms with E-state index in [2.05, 4.69) is 51.9 Å². The van der Waals surface area contributed by atoms with Crippen LogP contribution in [0.2, 0.25) is 0 Å². The van der Waals surface area contributed by atoms with E-state index in [0.29, 0.717) is 5.88 Å². The van der Waals surface area contributed by atoms with Crippen LogP contribution in [0, 0.1) is 0 Å². The Hall–Kier alpha value is -1.35. The number of halogens is 1. The largest absolute Gasteiger partial charge is 0.233 e. The summed E-state index contributed by atoms with van der Waals surface area (Å²) >= 11 is 6.06. The van der Waals surface area contributed by atoms with Crippen molar-refractivity contribution in [2.75, 3.05) is 0 Å². The Labute approximate surface area is 132 Å². The van der Waals surface area contributed by atoms with Gasteiger partial charge in [0.15, 0.2) is 5.82 Å². The molecule has 2 aromatic heterocycles. The molecular formula is C17H24ClN3. The molecule has 0 amide bonds. The van der Waals surface area contributed by atoms with Crippen LogP contribution in [0.3, 0.4) is 0 Å². The van der Waals surface area contributed by atoms with Crippen molar-refractivity contribution in [3.05, 3.63) is 40.8 Å². The first-order valence-electron chi connectivity index (χ1n) is 7.54. The molecular weight excluding hydrogens is 282 g/mol.